The number of esters is 1. The van der Waals surface area contributed by atoms with Gasteiger partial charge in [-0.25, -0.2) is 17.5 Å². The highest BCUT2D eigenvalue weighted by Crippen LogP contribution is 2.46. The lowest BCUT2D eigenvalue weighted by atomic mass is 9.69. The summed E-state index contributed by atoms with van der Waals surface area (Å²) < 4.78 is 53.8. The predicted molar refractivity (Wildman–Crippen MR) is 126 cm³/mol. The standard InChI is InChI=1S/C25H24FN3O5S/c1-33-21-4-3-5-22(13-21)35(31,32)28-11-10-18-12-23-17(14-25(18,16-28)24(30)34-2)15-27-29(23)20-8-6-19(26)7-9-20/h3-9,12-13,15H,10-11,14,16H2,1-2H3. The Morgan fingerprint density at radius 3 is 2.63 bits per heavy atom. The third-order valence-corrected chi connectivity index (χ3v) is 8.55. The smallest absolute Gasteiger partial charge is 0.317 e. The van der Waals surface area contributed by atoms with Crippen molar-refractivity contribution in [2.45, 2.75) is 17.7 Å². The van der Waals surface area contributed by atoms with Crippen molar-refractivity contribution in [3.8, 4) is 11.4 Å². The zero-order valence-electron chi connectivity index (χ0n) is 19.3. The number of methoxy groups -OCH3 is 2. The maximum absolute atomic E-state index is 13.5. The molecule has 8 nitrogen and oxygen atoms in total. The molecule has 1 aromatic heterocycles. The van der Waals surface area contributed by atoms with Gasteiger partial charge in [0.2, 0.25) is 10.0 Å². The Labute approximate surface area is 202 Å². The zero-order valence-corrected chi connectivity index (χ0v) is 20.1. The normalized spacial score (nSPS) is 19.9. The van der Waals surface area contributed by atoms with Crippen molar-refractivity contribution in [2.75, 3.05) is 27.3 Å². The fourth-order valence-electron chi connectivity index (χ4n) is 4.88. The second-order valence-electron chi connectivity index (χ2n) is 8.63. The molecule has 0 radical (unpaired) electrons. The second-order valence-corrected chi connectivity index (χ2v) is 10.6. The van der Waals surface area contributed by atoms with E-state index < -0.39 is 21.4 Å². The van der Waals surface area contributed by atoms with E-state index in [1.165, 1.54) is 42.8 Å². The van der Waals surface area contributed by atoms with Crippen molar-refractivity contribution in [1.29, 1.82) is 0 Å². The van der Waals surface area contributed by atoms with Crippen LogP contribution in [0, 0.1) is 11.2 Å². The summed E-state index contributed by atoms with van der Waals surface area (Å²) in [6, 6.07) is 12.3. The molecular formula is C25H24FN3O5S. The summed E-state index contributed by atoms with van der Waals surface area (Å²) in [5, 5.41) is 4.46. The average Bonchev–Trinajstić information content (AvgIpc) is 3.29. The highest BCUT2D eigenvalue weighted by atomic mass is 32.2. The maximum Gasteiger partial charge on any atom is 0.317 e. The number of rotatable bonds is 5. The molecule has 2 aromatic carbocycles. The van der Waals surface area contributed by atoms with E-state index in [2.05, 4.69) is 5.10 Å². The number of sulfonamides is 1. The largest absolute Gasteiger partial charge is 0.497 e. The van der Waals surface area contributed by atoms with Crippen LogP contribution >= 0.6 is 0 Å². The van der Waals surface area contributed by atoms with Crippen LogP contribution in [0.2, 0.25) is 0 Å². The first kappa shape index (κ1) is 23.3. The molecular weight excluding hydrogens is 473 g/mol. The lowest BCUT2D eigenvalue weighted by Gasteiger charge is -2.43. The molecule has 1 unspecified atom stereocenters. The van der Waals surface area contributed by atoms with Crippen molar-refractivity contribution in [3.63, 3.8) is 0 Å². The molecule has 3 aromatic rings. The molecule has 0 amide bonds. The molecule has 5 rings (SSSR count). The van der Waals surface area contributed by atoms with Crippen molar-refractivity contribution >= 4 is 22.1 Å². The number of halogens is 1. The zero-order chi connectivity index (χ0) is 24.8. The van der Waals surface area contributed by atoms with Crippen LogP contribution in [0.15, 0.2) is 65.2 Å². The lowest BCUT2D eigenvalue weighted by Crippen LogP contribution is -2.53. The first-order chi connectivity index (χ1) is 16.8. The van der Waals surface area contributed by atoms with Gasteiger partial charge < -0.3 is 9.47 Å². The molecule has 0 saturated carbocycles. The number of piperidine rings is 1. The van der Waals surface area contributed by atoms with Gasteiger partial charge in [-0.05, 0) is 66.5 Å². The van der Waals surface area contributed by atoms with Crippen LogP contribution in [0.25, 0.3) is 11.8 Å². The summed E-state index contributed by atoms with van der Waals surface area (Å²) in [4.78, 5) is 13.3. The third kappa shape index (κ3) is 3.82. The molecule has 1 aliphatic carbocycles. The number of benzene rings is 2. The number of aromatic nitrogens is 2. The summed E-state index contributed by atoms with van der Waals surface area (Å²) in [7, 11) is -1.10. The molecule has 1 saturated heterocycles. The number of carbonyl (C=O) groups excluding carboxylic acids is 1. The highest BCUT2D eigenvalue weighted by Gasteiger charge is 2.51. The number of fused-ring (bicyclic) bond motifs is 2. The van der Waals surface area contributed by atoms with Crippen LogP contribution in [0.5, 0.6) is 5.75 Å². The van der Waals surface area contributed by atoms with Gasteiger partial charge in [-0.15, -0.1) is 0 Å². The van der Waals surface area contributed by atoms with E-state index in [4.69, 9.17) is 9.47 Å². The first-order valence-electron chi connectivity index (χ1n) is 11.0. The Balaban J connectivity index is 1.54. The molecule has 0 N–H and O–H groups in total. The van der Waals surface area contributed by atoms with Crippen LogP contribution in [-0.2, 0) is 26.0 Å². The van der Waals surface area contributed by atoms with Crippen molar-refractivity contribution in [2.24, 2.45) is 5.41 Å². The van der Waals surface area contributed by atoms with E-state index in [1.54, 1.807) is 35.1 Å². The molecule has 1 fully saturated rings. The van der Waals surface area contributed by atoms with Crippen molar-refractivity contribution in [1.82, 2.24) is 14.1 Å². The highest BCUT2D eigenvalue weighted by molar-refractivity contribution is 7.89. The fourth-order valence-corrected chi connectivity index (χ4v) is 6.42. The summed E-state index contributed by atoms with van der Waals surface area (Å²) in [5.74, 6) is -0.404. The molecule has 0 spiro atoms. The fraction of sp³-hybridized carbons (Fsp3) is 0.280. The van der Waals surface area contributed by atoms with E-state index >= 15 is 0 Å². The summed E-state index contributed by atoms with van der Waals surface area (Å²) in [5.41, 5.74) is 1.88. The van der Waals surface area contributed by atoms with E-state index in [1.807, 2.05) is 6.08 Å². The number of ether oxygens (including phenoxy) is 2. The summed E-state index contributed by atoms with van der Waals surface area (Å²) >= 11 is 0. The van der Waals surface area contributed by atoms with Gasteiger partial charge in [0.1, 0.15) is 17.0 Å². The SMILES string of the molecule is COC(=O)C12Cc3cnn(-c4ccc(F)cc4)c3C=C1CCN(S(=O)(=O)c1cccc(OC)c1)C2. The van der Waals surface area contributed by atoms with E-state index in [0.717, 1.165) is 16.8 Å². The van der Waals surface area contributed by atoms with Gasteiger partial charge in [-0.3, -0.25) is 4.79 Å². The molecule has 2 heterocycles. The third-order valence-electron chi connectivity index (χ3n) is 6.71. The van der Waals surface area contributed by atoms with Gasteiger partial charge in [-0.1, -0.05) is 6.07 Å². The van der Waals surface area contributed by atoms with Crippen LogP contribution < -0.4 is 4.74 Å². The Hall–Kier alpha value is -3.50. The minimum atomic E-state index is -3.88. The van der Waals surface area contributed by atoms with Gasteiger partial charge in [0, 0.05) is 19.2 Å². The Bertz CT molecular complexity index is 1430. The molecule has 35 heavy (non-hydrogen) atoms. The van der Waals surface area contributed by atoms with Gasteiger partial charge in [0.15, 0.2) is 0 Å². The van der Waals surface area contributed by atoms with Crippen LogP contribution in [0.1, 0.15) is 17.7 Å². The monoisotopic (exact) mass is 497 g/mol. The van der Waals surface area contributed by atoms with Gasteiger partial charge >= 0.3 is 5.97 Å². The van der Waals surface area contributed by atoms with E-state index in [9.17, 15) is 17.6 Å². The molecule has 1 atom stereocenters. The number of hydrogen-bond acceptors (Lipinski definition) is 6. The lowest BCUT2D eigenvalue weighted by molar-refractivity contribution is -0.151. The second kappa shape index (κ2) is 8.62. The van der Waals surface area contributed by atoms with Crippen LogP contribution in [-0.4, -0.2) is 55.8 Å². The minimum absolute atomic E-state index is 0.0494. The van der Waals surface area contributed by atoms with Gasteiger partial charge in [0.05, 0.1) is 36.7 Å². The number of nitrogens with zero attached hydrogens (tertiary/aromatic N) is 3. The molecule has 0 bridgehead atoms. The maximum atomic E-state index is 13.5. The van der Waals surface area contributed by atoms with Crippen LogP contribution in [0.4, 0.5) is 4.39 Å². The Kier molecular flexibility index (Phi) is 5.72. The minimum Gasteiger partial charge on any atom is -0.497 e. The average molecular weight is 498 g/mol. The van der Waals surface area contributed by atoms with Crippen molar-refractivity contribution in [3.05, 3.63) is 77.4 Å². The van der Waals surface area contributed by atoms with E-state index in [-0.39, 0.29) is 30.2 Å². The molecule has 1 aliphatic heterocycles. The summed E-state index contributed by atoms with van der Waals surface area (Å²) in [6.07, 6.45) is 4.15. The number of hydrogen-bond donors (Lipinski definition) is 0. The molecule has 182 valence electrons. The quantitative estimate of drug-likeness (QED) is 0.503. The van der Waals surface area contributed by atoms with Crippen molar-refractivity contribution < 1.29 is 27.1 Å². The predicted octanol–water partition coefficient (Wildman–Crippen LogP) is 3.21. The molecule has 2 aliphatic rings. The molecule has 10 heteroatoms. The topological polar surface area (TPSA) is 90.7 Å². The Morgan fingerprint density at radius 2 is 1.91 bits per heavy atom. The van der Waals surface area contributed by atoms with Gasteiger partial charge in [-0.2, -0.15) is 9.40 Å². The van der Waals surface area contributed by atoms with E-state index in [0.29, 0.717) is 17.9 Å². The van der Waals surface area contributed by atoms with Gasteiger partial charge in [0.25, 0.3) is 0 Å². The van der Waals surface area contributed by atoms with Crippen LogP contribution in [0.3, 0.4) is 0 Å². The Morgan fingerprint density at radius 1 is 1.14 bits per heavy atom. The number of carbonyl (C=O) groups is 1. The summed E-state index contributed by atoms with van der Waals surface area (Å²) in [6.45, 7) is 0.163. The first-order valence-corrected chi connectivity index (χ1v) is 12.5.